The fourth-order valence-corrected chi connectivity index (χ4v) is 4.29. The molecule has 1 aromatic carbocycles. The van der Waals surface area contributed by atoms with Gasteiger partial charge in [-0.05, 0) is 61.3 Å². The van der Waals surface area contributed by atoms with E-state index in [1.165, 1.54) is 6.08 Å². The maximum absolute atomic E-state index is 12.3. The molecule has 0 spiro atoms. The second-order valence-electron chi connectivity index (χ2n) is 6.09. The van der Waals surface area contributed by atoms with Crippen LogP contribution in [-0.4, -0.2) is 35.3 Å². The van der Waals surface area contributed by atoms with Crippen LogP contribution in [0.3, 0.4) is 0 Å². The second kappa shape index (κ2) is 7.74. The Kier molecular flexibility index (Phi) is 5.43. The van der Waals surface area contributed by atoms with E-state index < -0.39 is 0 Å². The lowest BCUT2D eigenvalue weighted by Crippen LogP contribution is -2.45. The smallest absolute Gasteiger partial charge is 0.269 e. The number of thioether (sulfide) groups is 1. The summed E-state index contributed by atoms with van der Waals surface area (Å²) in [5.41, 5.74) is 7.21. The van der Waals surface area contributed by atoms with Gasteiger partial charge in [0.2, 0.25) is 5.91 Å². The van der Waals surface area contributed by atoms with Gasteiger partial charge >= 0.3 is 0 Å². The predicted octanol–water partition coefficient (Wildman–Crippen LogP) is 1.81. The van der Waals surface area contributed by atoms with Crippen LogP contribution in [0.2, 0.25) is 0 Å². The second-order valence-corrected chi connectivity index (χ2v) is 7.40. The van der Waals surface area contributed by atoms with Gasteiger partial charge in [0.25, 0.3) is 11.8 Å². The van der Waals surface area contributed by atoms with E-state index in [0.717, 1.165) is 42.7 Å². The van der Waals surface area contributed by atoms with Crippen LogP contribution in [0, 0.1) is 0 Å². The van der Waals surface area contributed by atoms with E-state index in [4.69, 9.17) is 0 Å². The number of aryl methyl sites for hydroxylation is 1. The Hall–Kier alpha value is -2.28. The van der Waals surface area contributed by atoms with Crippen molar-refractivity contribution in [3.8, 4) is 0 Å². The number of nitrogens with zero attached hydrogens (tertiary/aromatic N) is 1. The Morgan fingerprint density at radius 2 is 2.08 bits per heavy atom. The summed E-state index contributed by atoms with van der Waals surface area (Å²) >= 11 is 1.61. The molecule has 2 N–H and O–H groups in total. The van der Waals surface area contributed by atoms with Crippen molar-refractivity contribution in [2.75, 3.05) is 17.2 Å². The number of hydrogen-bond donors (Lipinski definition) is 2. The zero-order valence-electron chi connectivity index (χ0n) is 13.9. The van der Waals surface area contributed by atoms with Crippen LogP contribution in [0.15, 0.2) is 30.9 Å². The van der Waals surface area contributed by atoms with E-state index in [9.17, 15) is 14.4 Å². The number of amides is 3. The van der Waals surface area contributed by atoms with Crippen LogP contribution in [0.25, 0.3) is 0 Å². The Labute approximate surface area is 151 Å². The molecule has 0 saturated carbocycles. The molecule has 3 rings (SSSR count). The zero-order chi connectivity index (χ0) is 17.8. The van der Waals surface area contributed by atoms with Crippen molar-refractivity contribution in [2.45, 2.75) is 30.9 Å². The summed E-state index contributed by atoms with van der Waals surface area (Å²) < 4.78 is 0. The molecule has 1 unspecified atom stereocenters. The number of fused-ring (bicyclic) bond motifs is 1. The monoisotopic (exact) mass is 359 g/mol. The molecule has 2 heterocycles. The first-order valence-corrected chi connectivity index (χ1v) is 9.43. The zero-order valence-corrected chi connectivity index (χ0v) is 14.7. The Morgan fingerprint density at radius 3 is 2.80 bits per heavy atom. The van der Waals surface area contributed by atoms with Gasteiger partial charge in [-0.1, -0.05) is 6.58 Å². The normalized spacial score (nSPS) is 19.0. The summed E-state index contributed by atoms with van der Waals surface area (Å²) in [6.07, 6.45) is 4.82. The van der Waals surface area contributed by atoms with Crippen molar-refractivity contribution in [2.24, 2.45) is 0 Å². The quantitative estimate of drug-likeness (QED) is 0.637. The highest BCUT2D eigenvalue weighted by atomic mass is 32.2. The molecule has 2 aliphatic rings. The van der Waals surface area contributed by atoms with Gasteiger partial charge in [-0.3, -0.25) is 25.2 Å². The summed E-state index contributed by atoms with van der Waals surface area (Å²) in [5.74, 6) is 0.332. The first-order chi connectivity index (χ1) is 12.1. The fourth-order valence-electron chi connectivity index (χ4n) is 3.13. The molecule has 1 fully saturated rings. The van der Waals surface area contributed by atoms with Gasteiger partial charge in [-0.2, -0.15) is 0 Å². The van der Waals surface area contributed by atoms with Gasteiger partial charge in [0.05, 0.1) is 5.25 Å². The maximum Gasteiger partial charge on any atom is 0.269 e. The van der Waals surface area contributed by atoms with Crippen LogP contribution in [-0.2, 0) is 16.0 Å². The van der Waals surface area contributed by atoms with Gasteiger partial charge in [0.15, 0.2) is 0 Å². The molecule has 0 bridgehead atoms. The molecule has 1 atom stereocenters. The molecular weight excluding hydrogens is 338 g/mol. The Balaban J connectivity index is 1.66. The highest BCUT2D eigenvalue weighted by Crippen LogP contribution is 2.28. The van der Waals surface area contributed by atoms with Crippen molar-refractivity contribution < 1.29 is 14.4 Å². The summed E-state index contributed by atoms with van der Waals surface area (Å²) in [7, 11) is 0. The molecule has 3 amide bonds. The van der Waals surface area contributed by atoms with Gasteiger partial charge in [-0.15, -0.1) is 11.8 Å². The molecule has 1 aromatic rings. The average molecular weight is 359 g/mol. The van der Waals surface area contributed by atoms with Crippen LogP contribution >= 0.6 is 11.8 Å². The van der Waals surface area contributed by atoms with Crippen molar-refractivity contribution in [1.29, 1.82) is 0 Å². The minimum atomic E-state index is -0.355. The van der Waals surface area contributed by atoms with Crippen molar-refractivity contribution in [3.63, 3.8) is 0 Å². The number of carbonyl (C=O) groups is 3. The number of hydrazine groups is 1. The van der Waals surface area contributed by atoms with Crippen molar-refractivity contribution >= 4 is 35.2 Å². The summed E-state index contributed by atoms with van der Waals surface area (Å²) in [4.78, 5) is 37.9. The van der Waals surface area contributed by atoms with E-state index in [1.807, 2.05) is 0 Å². The molecule has 2 aliphatic heterocycles. The molecular formula is C18H21N3O3S. The van der Waals surface area contributed by atoms with E-state index in [0.29, 0.717) is 12.1 Å². The maximum atomic E-state index is 12.3. The molecule has 0 aliphatic carbocycles. The van der Waals surface area contributed by atoms with Crippen molar-refractivity contribution in [3.05, 3.63) is 42.0 Å². The van der Waals surface area contributed by atoms with Gasteiger partial charge in [0, 0.05) is 17.8 Å². The third-order valence-electron chi connectivity index (χ3n) is 4.42. The molecule has 7 heteroatoms. The lowest BCUT2D eigenvalue weighted by molar-refractivity contribution is -0.121. The van der Waals surface area contributed by atoms with Gasteiger partial charge < -0.3 is 4.90 Å². The third-order valence-corrected chi connectivity index (χ3v) is 5.80. The lowest BCUT2D eigenvalue weighted by Gasteiger charge is -2.28. The number of rotatable bonds is 3. The van der Waals surface area contributed by atoms with E-state index in [-0.39, 0.29) is 23.0 Å². The van der Waals surface area contributed by atoms with Crippen LogP contribution in [0.1, 0.15) is 35.2 Å². The number of carbonyl (C=O) groups excluding carboxylic acids is 3. The van der Waals surface area contributed by atoms with Crippen LogP contribution in [0.4, 0.5) is 5.69 Å². The molecule has 0 aromatic heterocycles. The highest BCUT2D eigenvalue weighted by molar-refractivity contribution is 8.00. The van der Waals surface area contributed by atoms with Crippen LogP contribution < -0.4 is 15.8 Å². The molecule has 1 saturated heterocycles. The first kappa shape index (κ1) is 17.5. The average Bonchev–Trinajstić information content (AvgIpc) is 3.19. The van der Waals surface area contributed by atoms with Gasteiger partial charge in [0.1, 0.15) is 0 Å². The van der Waals surface area contributed by atoms with E-state index in [1.54, 1.807) is 34.9 Å². The van der Waals surface area contributed by atoms with E-state index in [2.05, 4.69) is 17.4 Å². The topological polar surface area (TPSA) is 78.5 Å². The number of anilines is 1. The molecule has 132 valence electrons. The first-order valence-electron chi connectivity index (χ1n) is 8.39. The molecule has 6 nitrogen and oxygen atoms in total. The SMILES string of the molecule is C=CC(=O)N1CCCc2cc(C(=O)NNC(=O)C3CCCS3)ccc21. The molecule has 0 radical (unpaired) electrons. The number of benzene rings is 1. The number of hydrogen-bond acceptors (Lipinski definition) is 4. The highest BCUT2D eigenvalue weighted by Gasteiger charge is 2.24. The summed E-state index contributed by atoms with van der Waals surface area (Å²) in [5, 5.41) is -0.0812. The standard InChI is InChI=1S/C18H21N3O3S/c1-2-16(22)21-9-3-5-12-11-13(7-8-14(12)21)17(23)19-20-18(24)15-6-4-10-25-15/h2,7-8,11,15H,1,3-6,9-10H2,(H,19,23)(H,20,24). The fraction of sp³-hybridized carbons (Fsp3) is 0.389. The minimum Gasteiger partial charge on any atom is -0.309 e. The predicted molar refractivity (Wildman–Crippen MR) is 98.4 cm³/mol. The molecule has 25 heavy (non-hydrogen) atoms. The summed E-state index contributed by atoms with van der Waals surface area (Å²) in [6, 6.07) is 5.22. The Morgan fingerprint density at radius 1 is 1.24 bits per heavy atom. The summed E-state index contributed by atoms with van der Waals surface area (Å²) in [6.45, 7) is 4.18. The van der Waals surface area contributed by atoms with Gasteiger partial charge in [-0.25, -0.2) is 0 Å². The van der Waals surface area contributed by atoms with E-state index >= 15 is 0 Å². The number of nitrogens with one attached hydrogen (secondary N) is 2. The lowest BCUT2D eigenvalue weighted by atomic mass is 9.99. The van der Waals surface area contributed by atoms with Crippen molar-refractivity contribution in [1.82, 2.24) is 10.9 Å². The van der Waals surface area contributed by atoms with Crippen LogP contribution in [0.5, 0.6) is 0 Å². The third kappa shape index (κ3) is 3.87. The Bertz CT molecular complexity index is 714. The largest absolute Gasteiger partial charge is 0.309 e. The minimum absolute atomic E-state index is 0.0812.